The first-order chi connectivity index (χ1) is 8.63. The van der Waals surface area contributed by atoms with E-state index < -0.39 is 0 Å². The third-order valence-corrected chi connectivity index (χ3v) is 4.81. The highest BCUT2D eigenvalue weighted by Gasteiger charge is 2.39. The van der Waals surface area contributed by atoms with Crippen LogP contribution in [0.4, 0.5) is 5.69 Å². The Balaban J connectivity index is 1.71. The van der Waals surface area contributed by atoms with E-state index in [1.54, 1.807) is 12.3 Å². The van der Waals surface area contributed by atoms with Crippen LogP contribution in [0.3, 0.4) is 0 Å². The summed E-state index contributed by atoms with van der Waals surface area (Å²) in [5, 5.41) is 3.31. The van der Waals surface area contributed by atoms with Crippen LogP contribution in [0.5, 0.6) is 0 Å². The number of fused-ring (bicyclic) bond motifs is 2. The van der Waals surface area contributed by atoms with Crippen molar-refractivity contribution in [2.75, 3.05) is 5.32 Å². The molecule has 1 aromatic heterocycles. The molecule has 0 radical (unpaired) electrons. The predicted octanol–water partition coefficient (Wildman–Crippen LogP) is 3.65. The Morgan fingerprint density at radius 1 is 1.44 bits per heavy atom. The van der Waals surface area contributed by atoms with Gasteiger partial charge in [-0.05, 0) is 46.7 Å². The number of nitrogens with one attached hydrogen (secondary N) is 1. The number of carbonyl (C=O) groups excluding carboxylic acids is 1. The molecule has 18 heavy (non-hydrogen) atoms. The topological polar surface area (TPSA) is 42.0 Å². The lowest BCUT2D eigenvalue weighted by Gasteiger charge is -2.17. The number of carbonyl (C=O) groups is 1. The summed E-state index contributed by atoms with van der Waals surface area (Å²) in [7, 11) is 0. The number of rotatable bonds is 2. The van der Waals surface area contributed by atoms with Gasteiger partial charge in [0, 0.05) is 5.92 Å². The molecule has 1 fully saturated rings. The van der Waals surface area contributed by atoms with Crippen molar-refractivity contribution >= 4 is 39.1 Å². The second-order valence-corrected chi connectivity index (χ2v) is 6.08. The molecule has 0 spiro atoms. The molecule has 3 unspecified atom stereocenters. The molecule has 0 aromatic carbocycles. The highest BCUT2D eigenvalue weighted by molar-refractivity contribution is 9.10. The van der Waals surface area contributed by atoms with Gasteiger partial charge in [0.2, 0.25) is 5.91 Å². The highest BCUT2D eigenvalue weighted by Crippen LogP contribution is 2.43. The molecular weight excluding hydrogens is 316 g/mol. The summed E-state index contributed by atoms with van der Waals surface area (Å²) >= 11 is 9.11. The van der Waals surface area contributed by atoms with E-state index in [2.05, 4.69) is 38.4 Å². The molecule has 3 nitrogen and oxygen atoms in total. The second-order valence-electron chi connectivity index (χ2n) is 4.87. The first-order valence-corrected chi connectivity index (χ1v) is 7.11. The van der Waals surface area contributed by atoms with Gasteiger partial charge in [0.05, 0.1) is 16.4 Å². The number of allylic oxidation sites excluding steroid dienone is 2. The minimum absolute atomic E-state index is 0.0860. The van der Waals surface area contributed by atoms with Gasteiger partial charge in [-0.25, -0.2) is 4.98 Å². The summed E-state index contributed by atoms with van der Waals surface area (Å²) < 4.78 is 0.690. The zero-order chi connectivity index (χ0) is 12.7. The minimum atomic E-state index is 0.0860. The van der Waals surface area contributed by atoms with Crippen LogP contribution < -0.4 is 5.32 Å². The fraction of sp³-hybridized carbons (Fsp3) is 0.385. The van der Waals surface area contributed by atoms with Crippen molar-refractivity contribution in [2.24, 2.45) is 17.8 Å². The van der Waals surface area contributed by atoms with Gasteiger partial charge in [-0.15, -0.1) is 0 Å². The maximum Gasteiger partial charge on any atom is 0.228 e. The molecule has 0 saturated heterocycles. The number of halogens is 2. The van der Waals surface area contributed by atoms with Gasteiger partial charge in [0.25, 0.3) is 0 Å². The standard InChI is InChI=1S/C13H12BrClN2O/c14-11-5-9(6-16-12(11)15)17-13(18)10-4-7-1-2-8(10)3-7/h1-2,5-8,10H,3-4H2,(H,17,18). The average Bonchev–Trinajstić information content (AvgIpc) is 2.96. The second kappa shape index (κ2) is 4.67. The molecule has 1 heterocycles. The first-order valence-electron chi connectivity index (χ1n) is 5.93. The summed E-state index contributed by atoms with van der Waals surface area (Å²) in [4.78, 5) is 16.2. The third-order valence-electron chi connectivity index (χ3n) is 3.68. The maximum atomic E-state index is 12.2. The molecule has 2 aliphatic carbocycles. The monoisotopic (exact) mass is 326 g/mol. The van der Waals surface area contributed by atoms with E-state index in [9.17, 15) is 4.79 Å². The largest absolute Gasteiger partial charge is 0.324 e. The van der Waals surface area contributed by atoms with Crippen LogP contribution in [0.25, 0.3) is 0 Å². The zero-order valence-electron chi connectivity index (χ0n) is 9.57. The van der Waals surface area contributed by atoms with E-state index in [0.717, 1.165) is 12.8 Å². The molecule has 1 aromatic rings. The van der Waals surface area contributed by atoms with Gasteiger partial charge < -0.3 is 5.32 Å². The van der Waals surface area contributed by atoms with Crippen molar-refractivity contribution < 1.29 is 4.79 Å². The summed E-state index contributed by atoms with van der Waals surface area (Å²) in [5.74, 6) is 1.21. The Morgan fingerprint density at radius 3 is 2.89 bits per heavy atom. The summed E-state index contributed by atoms with van der Waals surface area (Å²) in [6.07, 6.45) is 8.08. The number of nitrogens with zero attached hydrogens (tertiary/aromatic N) is 1. The van der Waals surface area contributed by atoms with Crippen molar-refractivity contribution in [3.63, 3.8) is 0 Å². The SMILES string of the molecule is O=C(Nc1cnc(Cl)c(Br)c1)C1CC2C=CC1C2. The van der Waals surface area contributed by atoms with Crippen molar-refractivity contribution in [1.29, 1.82) is 0 Å². The number of hydrogen-bond donors (Lipinski definition) is 1. The van der Waals surface area contributed by atoms with Crippen LogP contribution in [-0.4, -0.2) is 10.9 Å². The van der Waals surface area contributed by atoms with Crippen LogP contribution >= 0.6 is 27.5 Å². The van der Waals surface area contributed by atoms with Crippen molar-refractivity contribution in [3.05, 3.63) is 34.0 Å². The molecule has 1 amide bonds. The van der Waals surface area contributed by atoms with E-state index in [1.807, 2.05) is 0 Å². The normalized spacial score (nSPS) is 28.7. The van der Waals surface area contributed by atoms with Crippen molar-refractivity contribution in [3.8, 4) is 0 Å². The summed E-state index contributed by atoms with van der Waals surface area (Å²) in [5.41, 5.74) is 0.683. The molecule has 1 saturated carbocycles. The van der Waals surface area contributed by atoms with E-state index in [4.69, 9.17) is 11.6 Å². The third kappa shape index (κ3) is 2.19. The van der Waals surface area contributed by atoms with E-state index >= 15 is 0 Å². The summed E-state index contributed by atoms with van der Waals surface area (Å²) in [6.45, 7) is 0. The summed E-state index contributed by atoms with van der Waals surface area (Å²) in [6, 6.07) is 1.77. The molecule has 5 heteroatoms. The van der Waals surface area contributed by atoms with Gasteiger partial charge in [-0.2, -0.15) is 0 Å². The molecule has 0 aliphatic heterocycles. The quantitative estimate of drug-likeness (QED) is 0.665. The molecule has 94 valence electrons. The molecular formula is C13H12BrClN2O. The van der Waals surface area contributed by atoms with E-state index in [-0.39, 0.29) is 11.8 Å². The fourth-order valence-electron chi connectivity index (χ4n) is 2.81. The van der Waals surface area contributed by atoms with Crippen LogP contribution in [0.1, 0.15) is 12.8 Å². The molecule has 3 atom stereocenters. The van der Waals surface area contributed by atoms with E-state index in [0.29, 0.717) is 27.1 Å². The van der Waals surface area contributed by atoms with Gasteiger partial charge in [0.15, 0.2) is 0 Å². The predicted molar refractivity (Wildman–Crippen MR) is 74.4 cm³/mol. The number of hydrogen-bond acceptors (Lipinski definition) is 2. The first kappa shape index (κ1) is 12.2. The zero-order valence-corrected chi connectivity index (χ0v) is 11.9. The van der Waals surface area contributed by atoms with Crippen molar-refractivity contribution in [1.82, 2.24) is 4.98 Å². The van der Waals surface area contributed by atoms with Crippen LogP contribution in [-0.2, 0) is 4.79 Å². The van der Waals surface area contributed by atoms with Crippen LogP contribution in [0.15, 0.2) is 28.9 Å². The smallest absolute Gasteiger partial charge is 0.228 e. The lowest BCUT2D eigenvalue weighted by molar-refractivity contribution is -0.120. The van der Waals surface area contributed by atoms with Crippen molar-refractivity contribution in [2.45, 2.75) is 12.8 Å². The molecule has 1 N–H and O–H groups in total. The van der Waals surface area contributed by atoms with Gasteiger partial charge in [-0.1, -0.05) is 23.8 Å². The highest BCUT2D eigenvalue weighted by atomic mass is 79.9. The number of amides is 1. The number of aromatic nitrogens is 1. The Kier molecular flexibility index (Phi) is 3.16. The molecule has 2 bridgehead atoms. The molecule has 3 rings (SSSR count). The van der Waals surface area contributed by atoms with Crippen LogP contribution in [0, 0.1) is 17.8 Å². The Labute approximate surface area is 119 Å². The minimum Gasteiger partial charge on any atom is -0.324 e. The van der Waals surface area contributed by atoms with Gasteiger partial charge in [0.1, 0.15) is 5.15 Å². The Morgan fingerprint density at radius 2 is 2.28 bits per heavy atom. The lowest BCUT2D eigenvalue weighted by Crippen LogP contribution is -2.25. The molecule has 2 aliphatic rings. The number of pyridine rings is 1. The Bertz CT molecular complexity index is 532. The Hall–Kier alpha value is -0.870. The fourth-order valence-corrected chi connectivity index (χ4v) is 3.26. The van der Waals surface area contributed by atoms with E-state index in [1.165, 1.54) is 0 Å². The number of anilines is 1. The van der Waals surface area contributed by atoms with Gasteiger partial charge >= 0.3 is 0 Å². The average molecular weight is 328 g/mol. The maximum absolute atomic E-state index is 12.2. The lowest BCUT2D eigenvalue weighted by atomic mass is 9.93. The van der Waals surface area contributed by atoms with Gasteiger partial charge in [-0.3, -0.25) is 4.79 Å². The van der Waals surface area contributed by atoms with Crippen LogP contribution in [0.2, 0.25) is 5.15 Å².